The minimum Gasteiger partial charge on any atom is -0.459 e. The molecule has 6 atom stereocenters. The van der Waals surface area contributed by atoms with Crippen molar-refractivity contribution in [1.29, 1.82) is 0 Å². The van der Waals surface area contributed by atoms with Crippen LogP contribution < -0.4 is 0 Å². The molecule has 0 bridgehead atoms. The maximum absolute atomic E-state index is 14.8. The second-order valence-corrected chi connectivity index (χ2v) is 8.97. The van der Waals surface area contributed by atoms with E-state index >= 15 is 0 Å². The third kappa shape index (κ3) is 2.43. The van der Waals surface area contributed by atoms with Gasteiger partial charge in [0.2, 0.25) is 0 Å². The van der Waals surface area contributed by atoms with Gasteiger partial charge in [-0.3, -0.25) is 4.79 Å². The van der Waals surface area contributed by atoms with E-state index in [1.807, 2.05) is 0 Å². The number of hydrogen-bond donors (Lipinski definition) is 1. The van der Waals surface area contributed by atoms with Crippen LogP contribution in [-0.2, 0) is 9.53 Å². The van der Waals surface area contributed by atoms with E-state index in [1.165, 1.54) is 23.6 Å². The Kier molecular flexibility index (Phi) is 3.91. The van der Waals surface area contributed by atoms with E-state index < -0.39 is 12.3 Å². The second-order valence-electron chi connectivity index (χ2n) is 8.97. The molecule has 4 aliphatic rings. The van der Waals surface area contributed by atoms with Crippen LogP contribution in [0, 0.1) is 16.7 Å². The summed E-state index contributed by atoms with van der Waals surface area (Å²) in [6.07, 6.45) is 6.10. The lowest BCUT2D eigenvalue weighted by Crippen LogP contribution is -2.44. The first kappa shape index (κ1) is 17.3. The standard InChI is InChI=1S/C21H29FO3/c1-12(23)25-19-18(22)11-17-15-5-4-13-10-14(24)6-8-20(13,2)16(15)7-9-21(17,19)3/h10,14,17-19,24H,4-9,11H2,1-3H3/t14?,17-,18?,19?,20-,21-/m0/s1. The average molecular weight is 348 g/mol. The molecule has 4 rings (SSSR count). The van der Waals surface area contributed by atoms with Crippen molar-refractivity contribution in [1.82, 2.24) is 0 Å². The van der Waals surface area contributed by atoms with Crippen LogP contribution in [0.5, 0.6) is 0 Å². The molecule has 4 aliphatic carbocycles. The number of ether oxygens (including phenoxy) is 1. The van der Waals surface area contributed by atoms with Crippen LogP contribution in [0.4, 0.5) is 4.39 Å². The Morgan fingerprint density at radius 1 is 1.28 bits per heavy atom. The van der Waals surface area contributed by atoms with Gasteiger partial charge in [-0.1, -0.05) is 36.6 Å². The summed E-state index contributed by atoms with van der Waals surface area (Å²) < 4.78 is 20.2. The maximum Gasteiger partial charge on any atom is 0.303 e. The molecule has 0 radical (unpaired) electrons. The molecule has 0 heterocycles. The molecule has 0 saturated heterocycles. The molecule has 0 aliphatic heterocycles. The fourth-order valence-corrected chi connectivity index (χ4v) is 6.26. The van der Waals surface area contributed by atoms with E-state index in [0.29, 0.717) is 6.42 Å². The van der Waals surface area contributed by atoms with Gasteiger partial charge in [-0.25, -0.2) is 4.39 Å². The van der Waals surface area contributed by atoms with E-state index in [1.54, 1.807) is 0 Å². The number of alkyl halides is 1. The van der Waals surface area contributed by atoms with Crippen molar-refractivity contribution in [2.45, 2.75) is 84.1 Å². The number of aliphatic hydroxyl groups is 1. The number of allylic oxidation sites excluding steroid dienone is 3. The average Bonchev–Trinajstić information content (AvgIpc) is 2.79. The van der Waals surface area contributed by atoms with Crippen molar-refractivity contribution in [3.63, 3.8) is 0 Å². The number of carbonyl (C=O) groups excluding carboxylic acids is 1. The zero-order valence-electron chi connectivity index (χ0n) is 15.5. The lowest BCUT2D eigenvalue weighted by molar-refractivity contribution is -0.156. The summed E-state index contributed by atoms with van der Waals surface area (Å²) in [5.41, 5.74) is 4.06. The topological polar surface area (TPSA) is 46.5 Å². The summed E-state index contributed by atoms with van der Waals surface area (Å²) >= 11 is 0. The van der Waals surface area contributed by atoms with Crippen LogP contribution in [0.1, 0.15) is 65.7 Å². The molecule has 0 aromatic carbocycles. The smallest absolute Gasteiger partial charge is 0.303 e. The van der Waals surface area contributed by atoms with Crippen LogP contribution in [0.3, 0.4) is 0 Å². The van der Waals surface area contributed by atoms with E-state index in [4.69, 9.17) is 4.74 Å². The summed E-state index contributed by atoms with van der Waals surface area (Å²) in [5, 5.41) is 10.0. The number of fused-ring (bicyclic) bond motifs is 4. The molecule has 1 N–H and O–H groups in total. The molecule has 0 aromatic heterocycles. The third-order valence-electron chi connectivity index (χ3n) is 7.62. The molecule has 138 valence electrons. The van der Waals surface area contributed by atoms with Gasteiger partial charge in [0.05, 0.1) is 6.10 Å². The molecule has 0 aromatic rings. The molecule has 3 unspecified atom stereocenters. The number of carbonyl (C=O) groups is 1. The van der Waals surface area contributed by atoms with Crippen LogP contribution in [0.2, 0.25) is 0 Å². The fourth-order valence-electron chi connectivity index (χ4n) is 6.26. The largest absolute Gasteiger partial charge is 0.459 e. The maximum atomic E-state index is 14.8. The highest BCUT2D eigenvalue weighted by Crippen LogP contribution is 2.63. The first-order valence-corrected chi connectivity index (χ1v) is 9.68. The highest BCUT2D eigenvalue weighted by Gasteiger charge is 2.59. The van der Waals surface area contributed by atoms with Gasteiger partial charge < -0.3 is 9.84 Å². The van der Waals surface area contributed by atoms with Gasteiger partial charge in [-0.15, -0.1) is 0 Å². The lowest BCUT2D eigenvalue weighted by Gasteiger charge is -2.51. The number of rotatable bonds is 1. The number of hydrogen-bond acceptors (Lipinski definition) is 3. The summed E-state index contributed by atoms with van der Waals surface area (Å²) in [5.74, 6) is -0.197. The number of esters is 1. The Hall–Kier alpha value is -1.16. The third-order valence-corrected chi connectivity index (χ3v) is 7.62. The van der Waals surface area contributed by atoms with Crippen LogP contribution in [-0.4, -0.2) is 29.5 Å². The zero-order chi connectivity index (χ0) is 18.0. The molecule has 0 spiro atoms. The zero-order valence-corrected chi connectivity index (χ0v) is 15.5. The van der Waals surface area contributed by atoms with Gasteiger partial charge in [0, 0.05) is 17.8 Å². The summed E-state index contributed by atoms with van der Waals surface area (Å²) in [7, 11) is 0. The van der Waals surface area contributed by atoms with Gasteiger partial charge in [-0.2, -0.15) is 0 Å². The molecular formula is C21H29FO3. The van der Waals surface area contributed by atoms with Crippen molar-refractivity contribution in [3.05, 3.63) is 22.8 Å². The van der Waals surface area contributed by atoms with Crippen LogP contribution in [0.15, 0.2) is 22.8 Å². The van der Waals surface area contributed by atoms with Gasteiger partial charge in [-0.05, 0) is 50.9 Å². The normalized spacial score (nSPS) is 46.0. The first-order chi connectivity index (χ1) is 11.8. The predicted octanol–water partition coefficient (Wildman–Crippen LogP) is 4.25. The monoisotopic (exact) mass is 348 g/mol. The van der Waals surface area contributed by atoms with Crippen molar-refractivity contribution in [2.24, 2.45) is 16.7 Å². The van der Waals surface area contributed by atoms with Gasteiger partial charge in [0.1, 0.15) is 12.3 Å². The Balaban J connectivity index is 1.73. The van der Waals surface area contributed by atoms with Gasteiger partial charge in [0.15, 0.2) is 0 Å². The van der Waals surface area contributed by atoms with E-state index in [9.17, 15) is 14.3 Å². The Morgan fingerprint density at radius 2 is 2.04 bits per heavy atom. The highest BCUT2D eigenvalue weighted by atomic mass is 19.1. The quantitative estimate of drug-likeness (QED) is 0.569. The molecule has 1 saturated carbocycles. The first-order valence-electron chi connectivity index (χ1n) is 9.68. The minimum absolute atomic E-state index is 0.0411. The van der Waals surface area contributed by atoms with Crippen molar-refractivity contribution < 1.29 is 19.0 Å². The summed E-state index contributed by atoms with van der Waals surface area (Å²) in [6, 6.07) is 0. The Morgan fingerprint density at radius 3 is 2.76 bits per heavy atom. The molecule has 0 amide bonds. The fraction of sp³-hybridized carbons (Fsp3) is 0.762. The van der Waals surface area contributed by atoms with Crippen molar-refractivity contribution >= 4 is 5.97 Å². The predicted molar refractivity (Wildman–Crippen MR) is 93.6 cm³/mol. The molecule has 25 heavy (non-hydrogen) atoms. The Labute approximate surface area is 149 Å². The lowest BCUT2D eigenvalue weighted by atomic mass is 9.54. The Bertz CT molecular complexity index is 666. The van der Waals surface area contributed by atoms with E-state index in [2.05, 4.69) is 19.9 Å². The van der Waals surface area contributed by atoms with Gasteiger partial charge >= 0.3 is 5.97 Å². The second kappa shape index (κ2) is 5.67. The van der Waals surface area contributed by atoms with Crippen molar-refractivity contribution in [3.8, 4) is 0 Å². The van der Waals surface area contributed by atoms with E-state index in [0.717, 1.165) is 38.5 Å². The van der Waals surface area contributed by atoms with E-state index in [-0.39, 0.29) is 28.8 Å². The highest BCUT2D eigenvalue weighted by molar-refractivity contribution is 5.66. The minimum atomic E-state index is -1.07. The van der Waals surface area contributed by atoms with Crippen LogP contribution >= 0.6 is 0 Å². The summed E-state index contributed by atoms with van der Waals surface area (Å²) in [4.78, 5) is 11.5. The molecule has 1 fully saturated rings. The number of aliphatic hydroxyl groups excluding tert-OH is 1. The van der Waals surface area contributed by atoms with Crippen LogP contribution in [0.25, 0.3) is 0 Å². The SMILES string of the molecule is CC(=O)OC1C(F)C[C@H]2C3=C(CC[C@]12C)[C@@]1(C)CCC(O)C=C1CC3. The number of halogens is 1. The molecule has 3 nitrogen and oxygen atoms in total. The van der Waals surface area contributed by atoms with Crippen molar-refractivity contribution in [2.75, 3.05) is 0 Å². The van der Waals surface area contributed by atoms with Gasteiger partial charge in [0.25, 0.3) is 0 Å². The summed E-state index contributed by atoms with van der Waals surface area (Å²) in [6.45, 7) is 5.81. The molecular weight excluding hydrogens is 319 g/mol. The molecule has 4 heteroatoms.